The van der Waals surface area contributed by atoms with Gasteiger partial charge in [0.25, 0.3) is 5.91 Å². The Morgan fingerprint density at radius 3 is 2.72 bits per heavy atom. The number of carbonyl (C=O) groups excluding carboxylic acids is 1. The van der Waals surface area contributed by atoms with E-state index in [2.05, 4.69) is 20.6 Å². The number of halogens is 1. The summed E-state index contributed by atoms with van der Waals surface area (Å²) in [6.07, 6.45) is 3.79. The maximum atomic E-state index is 14.7. The molecule has 1 aliphatic carbocycles. The number of amides is 1. The number of ether oxygens (including phenoxy) is 1. The highest BCUT2D eigenvalue weighted by atomic mass is 19.1. The van der Waals surface area contributed by atoms with Gasteiger partial charge in [-0.05, 0) is 50.1 Å². The van der Waals surface area contributed by atoms with Gasteiger partial charge < -0.3 is 26.8 Å². The molecule has 0 aliphatic heterocycles. The van der Waals surface area contributed by atoms with Crippen molar-refractivity contribution < 1.29 is 13.9 Å². The molecule has 1 aliphatic rings. The van der Waals surface area contributed by atoms with Crippen LogP contribution in [0.2, 0.25) is 0 Å². The van der Waals surface area contributed by atoms with Gasteiger partial charge in [0.1, 0.15) is 5.82 Å². The minimum Gasteiger partial charge on any atom is -0.478 e. The number of fused-ring (bicyclic) bond motifs is 1. The molecule has 0 spiro atoms. The van der Waals surface area contributed by atoms with Gasteiger partial charge >= 0.3 is 0 Å². The summed E-state index contributed by atoms with van der Waals surface area (Å²) in [5, 5.41) is 7.07. The number of nitrogens with one attached hydrogen (secondary N) is 2. The van der Waals surface area contributed by atoms with Gasteiger partial charge in [-0.25, -0.2) is 14.4 Å². The number of rotatable bonds is 7. The molecular weight excluding hydrogens is 411 g/mol. The van der Waals surface area contributed by atoms with Gasteiger partial charge in [0, 0.05) is 29.2 Å². The number of hydrogen-bond donors (Lipinski definition) is 4. The van der Waals surface area contributed by atoms with Gasteiger partial charge in [0.05, 0.1) is 17.7 Å². The summed E-state index contributed by atoms with van der Waals surface area (Å²) in [6, 6.07) is 10.1. The highest BCUT2D eigenvalue weighted by Gasteiger charge is 2.24. The van der Waals surface area contributed by atoms with E-state index in [0.29, 0.717) is 18.2 Å². The molecule has 1 fully saturated rings. The predicted octanol–water partition coefficient (Wildman–Crippen LogP) is 3.69. The highest BCUT2D eigenvalue weighted by Crippen LogP contribution is 2.28. The molecule has 6 N–H and O–H groups in total. The van der Waals surface area contributed by atoms with Gasteiger partial charge in [-0.3, -0.25) is 4.79 Å². The lowest BCUT2D eigenvalue weighted by molar-refractivity contribution is 0.100. The van der Waals surface area contributed by atoms with E-state index in [9.17, 15) is 9.18 Å². The molecule has 1 aromatic carbocycles. The molecule has 9 heteroatoms. The molecule has 3 aromatic rings. The Bertz CT molecular complexity index is 1140. The third-order valence-corrected chi connectivity index (χ3v) is 5.60. The Morgan fingerprint density at radius 2 is 1.97 bits per heavy atom. The molecule has 8 nitrogen and oxygen atoms in total. The molecule has 1 saturated carbocycles. The molecule has 168 valence electrons. The first-order valence-corrected chi connectivity index (χ1v) is 10.8. The van der Waals surface area contributed by atoms with E-state index < -0.39 is 11.7 Å². The summed E-state index contributed by atoms with van der Waals surface area (Å²) >= 11 is 0. The van der Waals surface area contributed by atoms with Crippen molar-refractivity contribution in [3.05, 3.63) is 47.8 Å². The fourth-order valence-corrected chi connectivity index (χ4v) is 3.94. The van der Waals surface area contributed by atoms with Crippen molar-refractivity contribution >= 4 is 34.1 Å². The lowest BCUT2D eigenvalue weighted by Gasteiger charge is -2.30. The largest absolute Gasteiger partial charge is 0.478 e. The third kappa shape index (κ3) is 4.72. The Kier molecular flexibility index (Phi) is 6.36. The minimum absolute atomic E-state index is 0.0362. The Labute approximate surface area is 185 Å². The van der Waals surface area contributed by atoms with Gasteiger partial charge in [0.15, 0.2) is 11.6 Å². The van der Waals surface area contributed by atoms with Crippen LogP contribution >= 0.6 is 0 Å². The van der Waals surface area contributed by atoms with Crippen molar-refractivity contribution in [3.63, 3.8) is 0 Å². The quantitative estimate of drug-likeness (QED) is 0.443. The molecule has 2 aromatic heterocycles. The Balaban J connectivity index is 1.64. The van der Waals surface area contributed by atoms with Crippen LogP contribution < -0.4 is 26.8 Å². The summed E-state index contributed by atoms with van der Waals surface area (Å²) in [4.78, 5) is 20.7. The molecule has 0 radical (unpaired) electrons. The van der Waals surface area contributed by atoms with Crippen LogP contribution in [0.25, 0.3) is 10.9 Å². The lowest BCUT2D eigenvalue weighted by Crippen LogP contribution is -2.43. The van der Waals surface area contributed by atoms with Crippen molar-refractivity contribution in [3.8, 4) is 5.88 Å². The standard InChI is InChI=1S/C23H27FN6O2/c1-2-32-20-10-7-13-11-14(8-9-18(13)28-20)27-22-15(21(26)31)12-16(24)23(30-22)29-19-6-4-3-5-17(19)25/h7-12,17,19H,2-6,25H2,1H3,(H2,26,31)(H2,27,29,30)/t17-,19+/m0/s1. The first-order chi connectivity index (χ1) is 15.4. The number of hydrogen-bond acceptors (Lipinski definition) is 7. The first-order valence-electron chi connectivity index (χ1n) is 10.8. The molecule has 2 atom stereocenters. The zero-order valence-electron chi connectivity index (χ0n) is 17.9. The van der Waals surface area contributed by atoms with E-state index in [4.69, 9.17) is 16.2 Å². The van der Waals surface area contributed by atoms with Gasteiger partial charge in [-0.1, -0.05) is 12.8 Å². The molecule has 0 saturated heterocycles. The SMILES string of the molecule is CCOc1ccc2cc(Nc3nc(N[C@@H]4CCCC[C@@H]4N)c(F)cc3C(N)=O)ccc2n1. The van der Waals surface area contributed by atoms with Gasteiger partial charge in [-0.15, -0.1) is 0 Å². The zero-order valence-corrected chi connectivity index (χ0v) is 17.9. The number of benzene rings is 1. The van der Waals surface area contributed by atoms with Crippen LogP contribution in [0.3, 0.4) is 0 Å². The molecular formula is C23H27FN6O2. The smallest absolute Gasteiger partial charge is 0.252 e. The van der Waals surface area contributed by atoms with Crippen LogP contribution in [0.1, 0.15) is 43.0 Å². The minimum atomic E-state index is -0.774. The molecule has 32 heavy (non-hydrogen) atoms. The number of carbonyl (C=O) groups is 1. The van der Waals surface area contributed by atoms with E-state index in [1.165, 1.54) is 0 Å². The molecule has 4 rings (SSSR count). The van der Waals surface area contributed by atoms with E-state index in [0.717, 1.165) is 42.7 Å². The van der Waals surface area contributed by atoms with Crippen molar-refractivity contribution in [1.82, 2.24) is 9.97 Å². The summed E-state index contributed by atoms with van der Waals surface area (Å²) in [7, 11) is 0. The van der Waals surface area contributed by atoms with E-state index in [-0.39, 0.29) is 29.3 Å². The number of pyridine rings is 2. The normalized spacial score (nSPS) is 18.3. The van der Waals surface area contributed by atoms with Crippen LogP contribution in [0.15, 0.2) is 36.4 Å². The topological polar surface area (TPSA) is 128 Å². The molecule has 0 bridgehead atoms. The lowest BCUT2D eigenvalue weighted by atomic mass is 9.91. The maximum Gasteiger partial charge on any atom is 0.252 e. The second-order valence-electron chi connectivity index (χ2n) is 7.89. The number of primary amides is 1. The number of nitrogens with zero attached hydrogens (tertiary/aromatic N) is 2. The first kappa shape index (κ1) is 21.8. The number of nitrogens with two attached hydrogens (primary N) is 2. The maximum absolute atomic E-state index is 14.7. The molecule has 0 unspecified atom stereocenters. The van der Waals surface area contributed by atoms with Crippen LogP contribution in [-0.4, -0.2) is 34.6 Å². The van der Waals surface area contributed by atoms with Gasteiger partial charge in [0.2, 0.25) is 5.88 Å². The summed E-state index contributed by atoms with van der Waals surface area (Å²) in [5.74, 6) is -0.654. The Hall–Kier alpha value is -3.46. The second-order valence-corrected chi connectivity index (χ2v) is 7.89. The zero-order chi connectivity index (χ0) is 22.7. The van der Waals surface area contributed by atoms with Crippen LogP contribution in [0.4, 0.5) is 21.7 Å². The monoisotopic (exact) mass is 438 g/mol. The van der Waals surface area contributed by atoms with Crippen molar-refractivity contribution in [2.45, 2.75) is 44.7 Å². The second kappa shape index (κ2) is 9.35. The Morgan fingerprint density at radius 1 is 1.16 bits per heavy atom. The number of anilines is 3. The predicted molar refractivity (Wildman–Crippen MR) is 123 cm³/mol. The summed E-state index contributed by atoms with van der Waals surface area (Å²) in [6.45, 7) is 2.43. The van der Waals surface area contributed by atoms with E-state index in [1.807, 2.05) is 25.1 Å². The van der Waals surface area contributed by atoms with Crippen LogP contribution in [-0.2, 0) is 0 Å². The average Bonchev–Trinajstić information content (AvgIpc) is 2.77. The van der Waals surface area contributed by atoms with Crippen molar-refractivity contribution in [1.29, 1.82) is 0 Å². The third-order valence-electron chi connectivity index (χ3n) is 5.60. The van der Waals surface area contributed by atoms with Crippen LogP contribution in [0.5, 0.6) is 5.88 Å². The van der Waals surface area contributed by atoms with Crippen LogP contribution in [0, 0.1) is 5.82 Å². The fourth-order valence-electron chi connectivity index (χ4n) is 3.94. The van der Waals surface area contributed by atoms with Crippen molar-refractivity contribution in [2.75, 3.05) is 17.2 Å². The molecule has 2 heterocycles. The van der Waals surface area contributed by atoms with Crippen molar-refractivity contribution in [2.24, 2.45) is 11.5 Å². The van der Waals surface area contributed by atoms with E-state index >= 15 is 0 Å². The fraction of sp³-hybridized carbons (Fsp3) is 0.348. The molecule has 1 amide bonds. The van der Waals surface area contributed by atoms with E-state index in [1.54, 1.807) is 12.1 Å². The summed E-state index contributed by atoms with van der Waals surface area (Å²) < 4.78 is 20.1. The summed E-state index contributed by atoms with van der Waals surface area (Å²) in [5.41, 5.74) is 13.0. The number of aromatic nitrogens is 2. The highest BCUT2D eigenvalue weighted by molar-refractivity contribution is 5.99. The van der Waals surface area contributed by atoms with Gasteiger partial charge in [-0.2, -0.15) is 0 Å². The average molecular weight is 439 g/mol.